The smallest absolute Gasteiger partial charge is 0.341 e. The van der Waals surface area contributed by atoms with Gasteiger partial charge in [-0.3, -0.25) is 0 Å². The maximum Gasteiger partial charge on any atom is 0.341 e. The molecular weight excluding hydrogens is 352 g/mol. The summed E-state index contributed by atoms with van der Waals surface area (Å²) in [6, 6.07) is 0. The summed E-state index contributed by atoms with van der Waals surface area (Å²) in [6.45, 7) is 13.0. The highest BCUT2D eigenvalue weighted by atomic mass is 16.7. The lowest BCUT2D eigenvalue weighted by molar-refractivity contribution is -0.239. The first-order chi connectivity index (χ1) is 12.5. The fourth-order valence-corrected chi connectivity index (χ4v) is 5.10. The Bertz CT molecular complexity index is 759. The standard InChI is InChI=1S/C20H26O7/c1-9-6-7-13(21)18(4)8-12(25-17(23)19(5)11(3)27-19)14-10(2)16(22)26-15(14)20(9,18)24/h11-15,21,24H,1-2,6-8H2,3-5H3. The number of esters is 2. The van der Waals surface area contributed by atoms with E-state index in [2.05, 4.69) is 13.2 Å². The molecule has 2 saturated heterocycles. The Morgan fingerprint density at radius 1 is 1.33 bits per heavy atom. The second-order valence-electron chi connectivity index (χ2n) is 8.73. The van der Waals surface area contributed by atoms with E-state index < -0.39 is 52.8 Å². The van der Waals surface area contributed by atoms with Crippen molar-refractivity contribution in [2.24, 2.45) is 11.3 Å². The maximum atomic E-state index is 12.6. The van der Waals surface area contributed by atoms with Crippen molar-refractivity contribution in [1.82, 2.24) is 0 Å². The number of aliphatic hydroxyl groups is 2. The SMILES string of the molecule is C=C1C(=O)OC2C1C(OC(=O)C1(C)OC1C)CC1(C)C(O)CCC(=C)C21O. The van der Waals surface area contributed by atoms with Gasteiger partial charge in [0.1, 0.15) is 17.8 Å². The molecule has 2 aliphatic carbocycles. The Hall–Kier alpha value is -1.70. The minimum Gasteiger partial charge on any atom is -0.459 e. The van der Waals surface area contributed by atoms with E-state index in [1.807, 2.05) is 0 Å². The zero-order valence-electron chi connectivity index (χ0n) is 15.9. The summed E-state index contributed by atoms with van der Waals surface area (Å²) in [4.78, 5) is 24.9. The number of carbonyl (C=O) groups is 2. The van der Waals surface area contributed by atoms with Crippen LogP contribution in [-0.2, 0) is 23.8 Å². The highest BCUT2D eigenvalue weighted by Gasteiger charge is 2.71. The third-order valence-electron chi connectivity index (χ3n) is 7.33. The number of rotatable bonds is 2. The lowest BCUT2D eigenvalue weighted by Crippen LogP contribution is -2.70. The van der Waals surface area contributed by atoms with Gasteiger partial charge in [0.25, 0.3) is 0 Å². The molecule has 27 heavy (non-hydrogen) atoms. The Kier molecular flexibility index (Phi) is 3.75. The first kappa shape index (κ1) is 18.7. The normalized spacial score (nSPS) is 51.3. The van der Waals surface area contributed by atoms with Crippen LogP contribution >= 0.6 is 0 Å². The molecule has 4 rings (SSSR count). The topological polar surface area (TPSA) is 106 Å². The number of carbonyl (C=O) groups excluding carboxylic acids is 2. The van der Waals surface area contributed by atoms with Crippen LogP contribution in [0.15, 0.2) is 24.3 Å². The third kappa shape index (κ3) is 2.19. The van der Waals surface area contributed by atoms with E-state index in [0.29, 0.717) is 18.4 Å². The van der Waals surface area contributed by atoms with Crippen LogP contribution in [0.5, 0.6) is 0 Å². The third-order valence-corrected chi connectivity index (χ3v) is 7.33. The second-order valence-corrected chi connectivity index (χ2v) is 8.73. The quantitative estimate of drug-likeness (QED) is 0.320. The molecule has 0 spiro atoms. The van der Waals surface area contributed by atoms with E-state index in [0.717, 1.165) is 0 Å². The van der Waals surface area contributed by atoms with E-state index in [1.54, 1.807) is 20.8 Å². The monoisotopic (exact) mass is 378 g/mol. The van der Waals surface area contributed by atoms with Crippen molar-refractivity contribution in [2.45, 2.75) is 75.7 Å². The maximum absolute atomic E-state index is 12.6. The Balaban J connectivity index is 1.73. The Morgan fingerprint density at radius 3 is 2.56 bits per heavy atom. The van der Waals surface area contributed by atoms with Gasteiger partial charge in [0.05, 0.1) is 18.1 Å². The van der Waals surface area contributed by atoms with Crippen LogP contribution in [0.1, 0.15) is 40.0 Å². The van der Waals surface area contributed by atoms with Crippen molar-refractivity contribution < 1.29 is 34.0 Å². The summed E-state index contributed by atoms with van der Waals surface area (Å²) in [5.74, 6) is -1.85. The van der Waals surface area contributed by atoms with Crippen LogP contribution in [-0.4, -0.2) is 57.8 Å². The van der Waals surface area contributed by atoms with Gasteiger partial charge >= 0.3 is 11.9 Å². The van der Waals surface area contributed by atoms with Gasteiger partial charge < -0.3 is 24.4 Å². The molecule has 7 heteroatoms. The molecule has 4 aliphatic rings. The molecule has 2 N–H and O–H groups in total. The summed E-state index contributed by atoms with van der Waals surface area (Å²) in [7, 11) is 0. The number of hydrogen-bond donors (Lipinski definition) is 2. The molecule has 7 nitrogen and oxygen atoms in total. The van der Waals surface area contributed by atoms with Gasteiger partial charge in [-0.1, -0.05) is 20.1 Å². The van der Waals surface area contributed by atoms with Crippen molar-refractivity contribution in [2.75, 3.05) is 0 Å². The molecule has 8 unspecified atom stereocenters. The van der Waals surface area contributed by atoms with Crippen LogP contribution in [0.25, 0.3) is 0 Å². The van der Waals surface area contributed by atoms with Crippen LogP contribution in [0.4, 0.5) is 0 Å². The molecule has 0 bridgehead atoms. The van der Waals surface area contributed by atoms with Gasteiger partial charge in [-0.2, -0.15) is 0 Å². The zero-order valence-corrected chi connectivity index (χ0v) is 15.9. The first-order valence-electron chi connectivity index (χ1n) is 9.34. The van der Waals surface area contributed by atoms with Crippen LogP contribution in [0.3, 0.4) is 0 Å². The zero-order chi connectivity index (χ0) is 19.9. The molecule has 0 aromatic carbocycles. The molecule has 8 atom stereocenters. The van der Waals surface area contributed by atoms with Crippen LogP contribution in [0, 0.1) is 11.3 Å². The van der Waals surface area contributed by atoms with Crippen LogP contribution < -0.4 is 0 Å². The van der Waals surface area contributed by atoms with Gasteiger partial charge in [-0.25, -0.2) is 9.59 Å². The van der Waals surface area contributed by atoms with E-state index in [4.69, 9.17) is 14.2 Å². The summed E-state index contributed by atoms with van der Waals surface area (Å²) in [6.07, 6.45) is -1.84. The Morgan fingerprint density at radius 2 is 1.96 bits per heavy atom. The molecule has 2 aliphatic heterocycles. The van der Waals surface area contributed by atoms with E-state index in [9.17, 15) is 19.8 Å². The van der Waals surface area contributed by atoms with Crippen molar-refractivity contribution >= 4 is 11.9 Å². The highest BCUT2D eigenvalue weighted by molar-refractivity contribution is 5.91. The van der Waals surface area contributed by atoms with Gasteiger partial charge in [0, 0.05) is 11.0 Å². The molecule has 148 valence electrons. The fourth-order valence-electron chi connectivity index (χ4n) is 5.10. The molecule has 2 saturated carbocycles. The number of ether oxygens (including phenoxy) is 3. The number of fused-ring (bicyclic) bond motifs is 3. The molecule has 0 radical (unpaired) electrons. The lowest BCUT2D eigenvalue weighted by atomic mass is 9.50. The van der Waals surface area contributed by atoms with Crippen molar-refractivity contribution in [3.8, 4) is 0 Å². The molecule has 0 amide bonds. The lowest BCUT2D eigenvalue weighted by Gasteiger charge is -2.59. The minimum absolute atomic E-state index is 0.163. The van der Waals surface area contributed by atoms with Crippen molar-refractivity contribution in [3.63, 3.8) is 0 Å². The van der Waals surface area contributed by atoms with E-state index in [1.165, 1.54) is 0 Å². The van der Waals surface area contributed by atoms with Crippen LogP contribution in [0.2, 0.25) is 0 Å². The molecule has 4 fully saturated rings. The summed E-state index contributed by atoms with van der Waals surface area (Å²) < 4.78 is 16.6. The molecule has 0 aromatic rings. The predicted molar refractivity (Wildman–Crippen MR) is 93.4 cm³/mol. The molecule has 2 heterocycles. The van der Waals surface area contributed by atoms with Gasteiger partial charge in [0.2, 0.25) is 0 Å². The number of aliphatic hydroxyl groups excluding tert-OH is 1. The number of epoxide rings is 1. The average molecular weight is 378 g/mol. The highest BCUT2D eigenvalue weighted by Crippen LogP contribution is 2.60. The Labute approximate surface area is 158 Å². The molecule has 0 aromatic heterocycles. The fraction of sp³-hybridized carbons (Fsp3) is 0.700. The average Bonchev–Trinajstić information content (AvgIpc) is 3.11. The van der Waals surface area contributed by atoms with Crippen molar-refractivity contribution in [1.29, 1.82) is 0 Å². The summed E-state index contributed by atoms with van der Waals surface area (Å²) in [5, 5.41) is 22.4. The largest absolute Gasteiger partial charge is 0.459 e. The second kappa shape index (κ2) is 5.43. The van der Waals surface area contributed by atoms with Crippen molar-refractivity contribution in [3.05, 3.63) is 24.3 Å². The minimum atomic E-state index is -1.61. The number of hydrogen-bond acceptors (Lipinski definition) is 7. The van der Waals surface area contributed by atoms with E-state index in [-0.39, 0.29) is 18.1 Å². The predicted octanol–water partition coefficient (Wildman–Crippen LogP) is 1.03. The summed E-state index contributed by atoms with van der Waals surface area (Å²) >= 11 is 0. The van der Waals surface area contributed by atoms with E-state index >= 15 is 0 Å². The summed E-state index contributed by atoms with van der Waals surface area (Å²) in [5.41, 5.74) is -3.01. The van der Waals surface area contributed by atoms with Gasteiger partial charge in [-0.15, -0.1) is 0 Å². The molecular formula is C20H26O7. The van der Waals surface area contributed by atoms with Gasteiger partial charge in [0.15, 0.2) is 5.60 Å². The van der Waals surface area contributed by atoms with Gasteiger partial charge in [-0.05, 0) is 38.7 Å². The first-order valence-corrected chi connectivity index (χ1v) is 9.34.